The zero-order valence-corrected chi connectivity index (χ0v) is 19.4. The van der Waals surface area contributed by atoms with Gasteiger partial charge in [0.2, 0.25) is 0 Å². The summed E-state index contributed by atoms with van der Waals surface area (Å²) in [6.07, 6.45) is -1.03. The molecule has 0 saturated carbocycles. The molecule has 0 aromatic heterocycles. The highest BCUT2D eigenvalue weighted by atomic mass is 127. The van der Waals surface area contributed by atoms with Crippen LogP contribution >= 0.6 is 45.2 Å². The van der Waals surface area contributed by atoms with Gasteiger partial charge in [-0.3, -0.25) is 5.32 Å². The van der Waals surface area contributed by atoms with E-state index in [9.17, 15) is 4.79 Å². The van der Waals surface area contributed by atoms with E-state index < -0.39 is 6.09 Å². The van der Waals surface area contributed by atoms with Crippen molar-refractivity contribution in [2.75, 3.05) is 10.6 Å². The molecule has 0 radical (unpaired) electrons. The molecule has 0 aliphatic heterocycles. The first kappa shape index (κ1) is 22.0. The minimum atomic E-state index is -1.03. The smallest absolute Gasteiger partial charge is 0.409 e. The van der Waals surface area contributed by atoms with Gasteiger partial charge in [-0.1, -0.05) is 0 Å². The van der Waals surface area contributed by atoms with Gasteiger partial charge in [0.25, 0.3) is 0 Å². The number of hydrogen-bond acceptors (Lipinski definition) is 2. The first-order valence-corrected chi connectivity index (χ1v) is 9.94. The number of carbonyl (C=O) groups is 1. The lowest BCUT2D eigenvalue weighted by Crippen LogP contribution is -2.26. The lowest BCUT2D eigenvalue weighted by Gasteiger charge is -2.23. The van der Waals surface area contributed by atoms with Gasteiger partial charge in [0, 0.05) is 24.1 Å². The van der Waals surface area contributed by atoms with Gasteiger partial charge in [-0.2, -0.15) is 0 Å². The molecule has 0 atom stereocenters. The maximum atomic E-state index is 10.3. The molecule has 3 N–H and O–H groups in total. The topological polar surface area (TPSA) is 61.4 Å². The van der Waals surface area contributed by atoms with E-state index in [0.29, 0.717) is 5.69 Å². The standard InChI is InChI=1S/C11H16IN.C8H8INO2/c1-8-7-9(12)5-6-10(8)13-11(2,3)4;1-5-4-6(9)2-3-7(5)10-8(11)12/h5-7,13H,1-4H3;2-4,10H,1H3,(H,11,12). The van der Waals surface area contributed by atoms with Crippen LogP contribution in [0.4, 0.5) is 16.2 Å². The van der Waals surface area contributed by atoms with E-state index >= 15 is 0 Å². The Labute approximate surface area is 177 Å². The van der Waals surface area contributed by atoms with Gasteiger partial charge in [-0.25, -0.2) is 4.79 Å². The molecular weight excluding hydrogens is 542 g/mol. The second-order valence-electron chi connectivity index (χ2n) is 6.72. The molecule has 1 amide bonds. The van der Waals surface area contributed by atoms with Crippen molar-refractivity contribution in [1.29, 1.82) is 0 Å². The first-order valence-electron chi connectivity index (χ1n) is 7.78. The maximum absolute atomic E-state index is 10.3. The fraction of sp³-hybridized carbons (Fsp3) is 0.316. The number of hydrogen-bond donors (Lipinski definition) is 3. The molecule has 0 bridgehead atoms. The van der Waals surface area contributed by atoms with Crippen LogP contribution in [0, 0.1) is 21.0 Å². The summed E-state index contributed by atoms with van der Waals surface area (Å²) < 4.78 is 2.38. The summed E-state index contributed by atoms with van der Waals surface area (Å²) in [4.78, 5) is 10.3. The summed E-state index contributed by atoms with van der Waals surface area (Å²) in [7, 11) is 0. The number of halogens is 2. The summed E-state index contributed by atoms with van der Waals surface area (Å²) in [5.41, 5.74) is 4.25. The Kier molecular flexibility index (Phi) is 8.46. The molecule has 136 valence electrons. The number of amides is 1. The third-order valence-corrected chi connectivity index (χ3v) is 4.47. The molecule has 0 aliphatic rings. The Balaban J connectivity index is 0.000000251. The van der Waals surface area contributed by atoms with E-state index in [-0.39, 0.29) is 5.54 Å². The average molecular weight is 566 g/mol. The molecule has 0 unspecified atom stereocenters. The summed E-state index contributed by atoms with van der Waals surface area (Å²) in [6.45, 7) is 10.5. The fourth-order valence-electron chi connectivity index (χ4n) is 2.05. The van der Waals surface area contributed by atoms with Crippen molar-refractivity contribution in [3.05, 3.63) is 54.7 Å². The predicted octanol–water partition coefficient (Wildman–Crippen LogP) is 6.50. The molecule has 0 fully saturated rings. The molecule has 2 aromatic rings. The zero-order chi connectivity index (χ0) is 19.2. The van der Waals surface area contributed by atoms with Crippen molar-refractivity contribution in [1.82, 2.24) is 0 Å². The van der Waals surface area contributed by atoms with Crippen LogP contribution in [0.1, 0.15) is 31.9 Å². The summed E-state index contributed by atoms with van der Waals surface area (Å²) >= 11 is 4.51. The molecule has 0 heterocycles. The van der Waals surface area contributed by atoms with Crippen LogP contribution < -0.4 is 10.6 Å². The zero-order valence-electron chi connectivity index (χ0n) is 15.1. The number of aryl methyl sites for hydroxylation is 2. The normalized spacial score (nSPS) is 10.5. The van der Waals surface area contributed by atoms with E-state index in [2.05, 4.69) is 102 Å². The molecular formula is C19H24I2N2O2. The summed E-state index contributed by atoms with van der Waals surface area (Å²) in [5, 5.41) is 14.2. The highest BCUT2D eigenvalue weighted by Gasteiger charge is 2.10. The van der Waals surface area contributed by atoms with Gasteiger partial charge in [-0.05, 0) is 127 Å². The highest BCUT2D eigenvalue weighted by Crippen LogP contribution is 2.21. The predicted molar refractivity (Wildman–Crippen MR) is 123 cm³/mol. The lowest BCUT2D eigenvalue weighted by molar-refractivity contribution is 0.209. The molecule has 0 spiro atoms. The molecule has 2 aromatic carbocycles. The number of nitrogens with one attached hydrogen (secondary N) is 2. The van der Waals surface area contributed by atoms with Crippen molar-refractivity contribution < 1.29 is 9.90 Å². The molecule has 6 heteroatoms. The third kappa shape index (κ3) is 8.75. The van der Waals surface area contributed by atoms with E-state index in [0.717, 1.165) is 9.13 Å². The molecule has 0 aliphatic carbocycles. The van der Waals surface area contributed by atoms with Gasteiger partial charge < -0.3 is 10.4 Å². The fourth-order valence-corrected chi connectivity index (χ4v) is 3.35. The highest BCUT2D eigenvalue weighted by molar-refractivity contribution is 14.1. The van der Waals surface area contributed by atoms with Crippen molar-refractivity contribution in [2.24, 2.45) is 0 Å². The lowest BCUT2D eigenvalue weighted by atomic mass is 10.1. The molecule has 0 saturated heterocycles. The van der Waals surface area contributed by atoms with Crippen LogP contribution in [0.15, 0.2) is 36.4 Å². The van der Waals surface area contributed by atoms with Crippen LogP contribution in [0.5, 0.6) is 0 Å². The SMILES string of the molecule is Cc1cc(I)ccc1NC(=O)O.Cc1cc(I)ccc1NC(C)(C)C. The Morgan fingerprint density at radius 1 is 0.920 bits per heavy atom. The van der Waals surface area contributed by atoms with Gasteiger partial charge in [-0.15, -0.1) is 0 Å². The largest absolute Gasteiger partial charge is 0.465 e. The average Bonchev–Trinajstić information content (AvgIpc) is 2.44. The van der Waals surface area contributed by atoms with Crippen LogP contribution in [-0.2, 0) is 0 Å². The van der Waals surface area contributed by atoms with Gasteiger partial charge in [0.05, 0.1) is 0 Å². The Bertz CT molecular complexity index is 741. The van der Waals surface area contributed by atoms with Crippen LogP contribution in [0.25, 0.3) is 0 Å². The maximum Gasteiger partial charge on any atom is 0.409 e. The van der Waals surface area contributed by atoms with Crippen LogP contribution in [0.2, 0.25) is 0 Å². The first-order chi connectivity index (χ1) is 11.5. The second kappa shape index (κ2) is 9.61. The minimum Gasteiger partial charge on any atom is -0.465 e. The quantitative estimate of drug-likeness (QED) is 0.364. The van der Waals surface area contributed by atoms with Crippen molar-refractivity contribution in [3.8, 4) is 0 Å². The summed E-state index contributed by atoms with van der Waals surface area (Å²) in [5.74, 6) is 0. The van der Waals surface area contributed by atoms with Crippen molar-refractivity contribution >= 4 is 62.6 Å². The van der Waals surface area contributed by atoms with E-state index in [1.807, 2.05) is 19.1 Å². The van der Waals surface area contributed by atoms with Crippen molar-refractivity contribution in [2.45, 2.75) is 40.2 Å². The Morgan fingerprint density at radius 2 is 1.36 bits per heavy atom. The number of benzene rings is 2. The van der Waals surface area contributed by atoms with Gasteiger partial charge in [0.15, 0.2) is 0 Å². The molecule has 25 heavy (non-hydrogen) atoms. The van der Waals surface area contributed by atoms with Crippen molar-refractivity contribution in [3.63, 3.8) is 0 Å². The Morgan fingerprint density at radius 3 is 1.72 bits per heavy atom. The third-order valence-electron chi connectivity index (χ3n) is 3.13. The van der Waals surface area contributed by atoms with Crippen LogP contribution in [0.3, 0.4) is 0 Å². The van der Waals surface area contributed by atoms with E-state index in [4.69, 9.17) is 5.11 Å². The minimum absolute atomic E-state index is 0.136. The second-order valence-corrected chi connectivity index (χ2v) is 9.21. The van der Waals surface area contributed by atoms with Gasteiger partial charge in [0.1, 0.15) is 0 Å². The number of anilines is 2. The summed E-state index contributed by atoms with van der Waals surface area (Å²) in [6, 6.07) is 12.0. The van der Waals surface area contributed by atoms with E-state index in [1.54, 1.807) is 6.07 Å². The van der Waals surface area contributed by atoms with E-state index in [1.165, 1.54) is 14.8 Å². The molecule has 4 nitrogen and oxygen atoms in total. The monoisotopic (exact) mass is 566 g/mol. The van der Waals surface area contributed by atoms with Crippen LogP contribution in [-0.4, -0.2) is 16.7 Å². The van der Waals surface area contributed by atoms with Gasteiger partial charge >= 0.3 is 6.09 Å². The Hall–Kier alpha value is -1.03. The number of carboxylic acid groups (broad SMARTS) is 1. The molecule has 2 rings (SSSR count). The number of rotatable bonds is 2.